The molecule has 20 heavy (non-hydrogen) atoms. The highest BCUT2D eigenvalue weighted by molar-refractivity contribution is 5.95. The van der Waals surface area contributed by atoms with Crippen molar-refractivity contribution in [2.24, 2.45) is 0 Å². The Balaban J connectivity index is 2.64. The molecule has 0 amide bonds. The summed E-state index contributed by atoms with van der Waals surface area (Å²) in [5, 5.41) is 12.8. The number of carboxylic acids is 1. The van der Waals surface area contributed by atoms with Crippen LogP contribution in [0.3, 0.4) is 0 Å². The molecule has 0 fully saturated rings. The minimum Gasteiger partial charge on any atom is -0.496 e. The van der Waals surface area contributed by atoms with Crippen molar-refractivity contribution in [3.63, 3.8) is 0 Å². The fraction of sp³-hybridized carbons (Fsp3) is 0.333. The van der Waals surface area contributed by atoms with E-state index in [1.807, 2.05) is 18.2 Å². The zero-order valence-electron chi connectivity index (χ0n) is 11.9. The van der Waals surface area contributed by atoms with E-state index in [2.05, 4.69) is 19.0 Å². The summed E-state index contributed by atoms with van der Waals surface area (Å²) < 4.78 is 10.4. The van der Waals surface area contributed by atoms with Crippen molar-refractivity contribution >= 4 is 5.97 Å². The Bertz CT molecular complexity index is 643. The Hall–Kier alpha value is -2.30. The minimum absolute atomic E-state index is 0.0990. The maximum Gasteiger partial charge on any atom is 0.358 e. The highest BCUT2D eigenvalue weighted by Crippen LogP contribution is 2.36. The van der Waals surface area contributed by atoms with E-state index in [0.29, 0.717) is 28.6 Å². The van der Waals surface area contributed by atoms with Crippen LogP contribution >= 0.6 is 0 Å². The number of carbonyl (C=O) groups is 1. The van der Waals surface area contributed by atoms with Gasteiger partial charge in [0, 0.05) is 5.56 Å². The van der Waals surface area contributed by atoms with E-state index in [0.717, 1.165) is 5.56 Å². The summed E-state index contributed by atoms with van der Waals surface area (Å²) >= 11 is 0. The van der Waals surface area contributed by atoms with E-state index in [1.165, 1.54) is 0 Å². The Labute approximate surface area is 117 Å². The van der Waals surface area contributed by atoms with Gasteiger partial charge in [0.2, 0.25) is 0 Å². The fourth-order valence-corrected chi connectivity index (χ4v) is 2.11. The number of hydrogen-bond acceptors (Lipinski definition) is 4. The fourth-order valence-electron chi connectivity index (χ4n) is 2.11. The van der Waals surface area contributed by atoms with Gasteiger partial charge in [0.05, 0.1) is 12.7 Å². The molecule has 2 rings (SSSR count). The molecule has 106 valence electrons. The van der Waals surface area contributed by atoms with Crippen LogP contribution in [0.4, 0.5) is 0 Å². The summed E-state index contributed by atoms with van der Waals surface area (Å²) in [6.45, 7) is 5.86. The number of ether oxygens (including phenoxy) is 1. The molecule has 0 saturated heterocycles. The third-order valence-corrected chi connectivity index (χ3v) is 3.23. The van der Waals surface area contributed by atoms with Gasteiger partial charge in [-0.1, -0.05) is 31.1 Å². The molecule has 1 aromatic carbocycles. The van der Waals surface area contributed by atoms with Gasteiger partial charge in [-0.3, -0.25) is 0 Å². The number of methoxy groups -OCH3 is 1. The number of rotatable bonds is 4. The normalized spacial score (nSPS) is 10.8. The zero-order chi connectivity index (χ0) is 14.9. The van der Waals surface area contributed by atoms with Gasteiger partial charge in [0.15, 0.2) is 5.69 Å². The molecule has 0 aliphatic rings. The first-order valence-corrected chi connectivity index (χ1v) is 6.33. The highest BCUT2D eigenvalue weighted by Gasteiger charge is 2.23. The van der Waals surface area contributed by atoms with Crippen LogP contribution in [0, 0.1) is 6.92 Å². The molecule has 0 radical (unpaired) electrons. The van der Waals surface area contributed by atoms with Crippen LogP contribution in [-0.4, -0.2) is 23.3 Å². The maximum atomic E-state index is 11.2. The average Bonchev–Trinajstić information content (AvgIpc) is 2.79. The van der Waals surface area contributed by atoms with Gasteiger partial charge < -0.3 is 14.4 Å². The monoisotopic (exact) mass is 275 g/mol. The van der Waals surface area contributed by atoms with E-state index in [1.54, 1.807) is 14.0 Å². The SMILES string of the molecule is COc1cc(C(C)C)ccc1-c1c(C(=O)O)noc1C. The second kappa shape index (κ2) is 5.36. The standard InChI is InChI=1S/C15H17NO4/c1-8(2)10-5-6-11(12(7-10)19-4)13-9(3)20-16-14(13)15(17)18/h5-8H,1-4H3,(H,17,18). The number of carboxylic acid groups (broad SMARTS) is 1. The third-order valence-electron chi connectivity index (χ3n) is 3.23. The van der Waals surface area contributed by atoms with Crippen molar-refractivity contribution in [3.05, 3.63) is 35.2 Å². The lowest BCUT2D eigenvalue weighted by atomic mass is 9.96. The molecule has 0 aliphatic carbocycles. The quantitative estimate of drug-likeness (QED) is 0.924. The van der Waals surface area contributed by atoms with Gasteiger partial charge in [-0.15, -0.1) is 0 Å². The van der Waals surface area contributed by atoms with Crippen molar-refractivity contribution in [2.45, 2.75) is 26.7 Å². The van der Waals surface area contributed by atoms with E-state index < -0.39 is 5.97 Å². The molecule has 0 atom stereocenters. The number of nitrogens with zero attached hydrogens (tertiary/aromatic N) is 1. The van der Waals surface area contributed by atoms with Gasteiger partial charge in [0.1, 0.15) is 11.5 Å². The van der Waals surface area contributed by atoms with E-state index in [-0.39, 0.29) is 5.69 Å². The number of hydrogen-bond donors (Lipinski definition) is 1. The summed E-state index contributed by atoms with van der Waals surface area (Å²) in [7, 11) is 1.56. The smallest absolute Gasteiger partial charge is 0.358 e. The van der Waals surface area contributed by atoms with Crippen LogP contribution in [0.2, 0.25) is 0 Å². The van der Waals surface area contributed by atoms with Crippen LogP contribution in [0.15, 0.2) is 22.7 Å². The largest absolute Gasteiger partial charge is 0.496 e. The van der Waals surface area contributed by atoms with Crippen molar-refractivity contribution in [1.82, 2.24) is 5.16 Å². The zero-order valence-corrected chi connectivity index (χ0v) is 11.9. The van der Waals surface area contributed by atoms with Crippen LogP contribution in [0.1, 0.15) is 41.6 Å². The maximum absolute atomic E-state index is 11.2. The van der Waals surface area contributed by atoms with Crippen LogP contribution in [0.5, 0.6) is 5.75 Å². The molecule has 1 aromatic heterocycles. The Kier molecular flexibility index (Phi) is 3.79. The first-order chi connectivity index (χ1) is 9.45. The second-order valence-electron chi connectivity index (χ2n) is 4.88. The highest BCUT2D eigenvalue weighted by atomic mass is 16.5. The predicted octanol–water partition coefficient (Wildman–Crippen LogP) is 3.48. The van der Waals surface area contributed by atoms with E-state index >= 15 is 0 Å². The molecular formula is C15H17NO4. The number of benzene rings is 1. The Morgan fingerprint density at radius 1 is 1.40 bits per heavy atom. The van der Waals surface area contributed by atoms with Crippen LogP contribution < -0.4 is 4.74 Å². The molecule has 0 saturated carbocycles. The minimum atomic E-state index is -1.12. The van der Waals surface area contributed by atoms with E-state index in [4.69, 9.17) is 9.26 Å². The van der Waals surface area contributed by atoms with Crippen molar-refractivity contribution in [2.75, 3.05) is 7.11 Å². The number of aromatic carboxylic acids is 1. The van der Waals surface area contributed by atoms with Crippen LogP contribution in [-0.2, 0) is 0 Å². The molecule has 0 unspecified atom stereocenters. The lowest BCUT2D eigenvalue weighted by molar-refractivity contribution is 0.0686. The molecule has 5 nitrogen and oxygen atoms in total. The average molecular weight is 275 g/mol. The summed E-state index contributed by atoms with van der Waals surface area (Å²) in [5.74, 6) is 0.315. The first kappa shape index (κ1) is 14.1. The first-order valence-electron chi connectivity index (χ1n) is 6.33. The Morgan fingerprint density at radius 3 is 2.65 bits per heavy atom. The lowest BCUT2D eigenvalue weighted by Crippen LogP contribution is -2.00. The topological polar surface area (TPSA) is 72.6 Å². The summed E-state index contributed by atoms with van der Waals surface area (Å²) in [4.78, 5) is 11.2. The molecule has 0 bridgehead atoms. The summed E-state index contributed by atoms with van der Waals surface area (Å²) in [6.07, 6.45) is 0. The predicted molar refractivity (Wildman–Crippen MR) is 74.3 cm³/mol. The van der Waals surface area contributed by atoms with Gasteiger partial charge in [-0.2, -0.15) is 0 Å². The van der Waals surface area contributed by atoms with Crippen molar-refractivity contribution in [3.8, 4) is 16.9 Å². The van der Waals surface area contributed by atoms with Gasteiger partial charge in [-0.05, 0) is 24.5 Å². The number of aromatic nitrogens is 1. The van der Waals surface area contributed by atoms with Gasteiger partial charge in [-0.25, -0.2) is 4.79 Å². The number of aryl methyl sites for hydroxylation is 1. The lowest BCUT2D eigenvalue weighted by Gasteiger charge is -2.12. The second-order valence-corrected chi connectivity index (χ2v) is 4.88. The molecule has 0 spiro atoms. The van der Waals surface area contributed by atoms with Crippen molar-refractivity contribution in [1.29, 1.82) is 0 Å². The van der Waals surface area contributed by atoms with Crippen LogP contribution in [0.25, 0.3) is 11.1 Å². The van der Waals surface area contributed by atoms with Gasteiger partial charge >= 0.3 is 5.97 Å². The molecule has 0 aliphatic heterocycles. The molecule has 1 heterocycles. The van der Waals surface area contributed by atoms with Gasteiger partial charge in [0.25, 0.3) is 0 Å². The summed E-state index contributed by atoms with van der Waals surface area (Å²) in [6, 6.07) is 5.72. The molecule has 1 N–H and O–H groups in total. The molecular weight excluding hydrogens is 258 g/mol. The Morgan fingerprint density at radius 2 is 2.10 bits per heavy atom. The molecule has 5 heteroatoms. The third kappa shape index (κ3) is 2.39. The van der Waals surface area contributed by atoms with Crippen molar-refractivity contribution < 1.29 is 19.2 Å². The summed E-state index contributed by atoms with van der Waals surface area (Å²) in [5.41, 5.74) is 2.16. The van der Waals surface area contributed by atoms with E-state index in [9.17, 15) is 9.90 Å². The molecule has 2 aromatic rings.